The number of carbonyl (C=O) groups is 1. The molecule has 1 aliphatic heterocycles. The molecule has 0 saturated carbocycles. The SMILES string of the molecule is C=CCN(C)C(c1ccccc1)N1CCN(C(=O)c2cnn3c(C(F)(F)F)c(C)c(-c4ccc(OC)cc4)nc23)[C@H](C)C1. The van der Waals surface area contributed by atoms with Crippen LogP contribution in [-0.4, -0.2) is 81.6 Å². The Hall–Kier alpha value is -4.22. The zero-order chi connectivity index (χ0) is 30.9. The number of aromatic nitrogens is 3. The normalized spacial score (nSPS) is 16.9. The van der Waals surface area contributed by atoms with Gasteiger partial charge in [0.15, 0.2) is 11.3 Å². The molecule has 0 aliphatic carbocycles. The van der Waals surface area contributed by atoms with Gasteiger partial charge in [-0.1, -0.05) is 36.4 Å². The number of nitrogens with zero attached hydrogens (tertiary/aromatic N) is 6. The predicted octanol–water partition coefficient (Wildman–Crippen LogP) is 5.70. The Morgan fingerprint density at radius 2 is 1.86 bits per heavy atom. The molecule has 0 N–H and O–H groups in total. The van der Waals surface area contributed by atoms with Crippen molar-refractivity contribution >= 4 is 11.6 Å². The number of rotatable bonds is 8. The number of ether oxygens (including phenoxy) is 1. The summed E-state index contributed by atoms with van der Waals surface area (Å²) in [6.45, 7) is 9.42. The number of halogens is 3. The maximum absolute atomic E-state index is 14.4. The third-order valence-corrected chi connectivity index (χ3v) is 7.94. The Morgan fingerprint density at radius 3 is 2.47 bits per heavy atom. The maximum atomic E-state index is 14.4. The summed E-state index contributed by atoms with van der Waals surface area (Å²) < 4.78 is 49.1. The Labute approximate surface area is 249 Å². The zero-order valence-electron chi connectivity index (χ0n) is 24.7. The first kappa shape index (κ1) is 30.2. The number of hydrogen-bond donors (Lipinski definition) is 0. The molecular weight excluding hydrogens is 557 g/mol. The van der Waals surface area contributed by atoms with E-state index in [-0.39, 0.29) is 34.7 Å². The van der Waals surface area contributed by atoms with Crippen LogP contribution in [0.2, 0.25) is 0 Å². The van der Waals surface area contributed by atoms with Gasteiger partial charge < -0.3 is 9.64 Å². The Bertz CT molecular complexity index is 1600. The summed E-state index contributed by atoms with van der Waals surface area (Å²) in [6, 6.07) is 16.5. The third-order valence-electron chi connectivity index (χ3n) is 7.94. The Kier molecular flexibility index (Phi) is 8.57. The fraction of sp³-hybridized carbons (Fsp3) is 0.344. The molecule has 2 atom stereocenters. The number of fused-ring (bicyclic) bond motifs is 1. The van der Waals surface area contributed by atoms with Crippen LogP contribution in [0.1, 0.15) is 40.3 Å². The molecule has 1 unspecified atom stereocenters. The smallest absolute Gasteiger partial charge is 0.433 e. The van der Waals surface area contributed by atoms with Gasteiger partial charge in [0.05, 0.1) is 25.2 Å². The van der Waals surface area contributed by atoms with Crippen molar-refractivity contribution in [3.05, 3.63) is 95.8 Å². The molecule has 2 aromatic carbocycles. The molecule has 0 spiro atoms. The van der Waals surface area contributed by atoms with Crippen LogP contribution < -0.4 is 4.74 Å². The van der Waals surface area contributed by atoms with E-state index in [9.17, 15) is 18.0 Å². The van der Waals surface area contributed by atoms with Crippen molar-refractivity contribution in [3.63, 3.8) is 0 Å². The van der Waals surface area contributed by atoms with Crippen molar-refractivity contribution in [2.75, 3.05) is 40.3 Å². The van der Waals surface area contributed by atoms with Crippen molar-refractivity contribution in [3.8, 4) is 17.0 Å². The van der Waals surface area contributed by atoms with Gasteiger partial charge in [-0.25, -0.2) is 9.50 Å². The number of amides is 1. The van der Waals surface area contributed by atoms with Gasteiger partial charge in [-0.3, -0.25) is 14.6 Å². The second kappa shape index (κ2) is 12.2. The highest BCUT2D eigenvalue weighted by molar-refractivity contribution is 6.00. The molecule has 11 heteroatoms. The zero-order valence-corrected chi connectivity index (χ0v) is 24.7. The van der Waals surface area contributed by atoms with Gasteiger partial charge in [0.1, 0.15) is 11.3 Å². The third kappa shape index (κ3) is 5.87. The van der Waals surface area contributed by atoms with Crippen LogP contribution in [0.15, 0.2) is 73.4 Å². The number of alkyl halides is 3. The highest BCUT2D eigenvalue weighted by Gasteiger charge is 2.40. The quantitative estimate of drug-likeness (QED) is 0.245. The highest BCUT2D eigenvalue weighted by atomic mass is 19.4. The van der Waals surface area contributed by atoms with Crippen LogP contribution in [0.4, 0.5) is 13.2 Å². The first-order valence-corrected chi connectivity index (χ1v) is 14.1. The van der Waals surface area contributed by atoms with E-state index in [1.807, 2.05) is 38.2 Å². The van der Waals surface area contributed by atoms with Crippen molar-refractivity contribution < 1.29 is 22.7 Å². The van der Waals surface area contributed by atoms with E-state index in [1.54, 1.807) is 29.2 Å². The molecule has 0 radical (unpaired) electrons. The number of likely N-dealkylation sites (N-methyl/N-ethyl adjacent to an activating group) is 1. The van der Waals surface area contributed by atoms with E-state index in [0.29, 0.717) is 37.5 Å². The molecule has 1 amide bonds. The molecule has 43 heavy (non-hydrogen) atoms. The van der Waals surface area contributed by atoms with Gasteiger partial charge in [0, 0.05) is 43.3 Å². The maximum Gasteiger partial charge on any atom is 0.433 e. The predicted molar refractivity (Wildman–Crippen MR) is 159 cm³/mol. The standard InChI is InChI=1S/C32H35F3N6O2/c1-6-16-38(4)30(24-10-8-7-9-11-24)39-17-18-40(21(2)20-39)31(42)26-19-36-41-28(32(33,34)35)22(3)27(37-29(26)41)23-12-14-25(43-5)15-13-23/h6-15,19,21,30H,1,16-18,20H2,2-5H3/t21-,30?/m1/s1. The van der Waals surface area contributed by atoms with Gasteiger partial charge >= 0.3 is 6.18 Å². The van der Waals surface area contributed by atoms with E-state index in [1.165, 1.54) is 20.2 Å². The van der Waals surface area contributed by atoms with Crippen molar-refractivity contribution in [1.29, 1.82) is 0 Å². The average molecular weight is 593 g/mol. The second-order valence-corrected chi connectivity index (χ2v) is 10.8. The Morgan fingerprint density at radius 1 is 1.16 bits per heavy atom. The molecule has 1 fully saturated rings. The first-order chi connectivity index (χ1) is 20.5. The number of carbonyl (C=O) groups excluding carboxylic acids is 1. The van der Waals surface area contributed by atoms with Crippen LogP contribution in [0.5, 0.6) is 5.75 Å². The van der Waals surface area contributed by atoms with Crippen molar-refractivity contribution in [1.82, 2.24) is 29.3 Å². The molecule has 3 heterocycles. The Balaban J connectivity index is 1.49. The lowest BCUT2D eigenvalue weighted by Crippen LogP contribution is -2.56. The molecule has 226 valence electrons. The van der Waals surface area contributed by atoms with E-state index < -0.39 is 17.8 Å². The minimum Gasteiger partial charge on any atom is -0.497 e. The van der Waals surface area contributed by atoms with Crippen LogP contribution in [0.25, 0.3) is 16.9 Å². The number of benzene rings is 2. The lowest BCUT2D eigenvalue weighted by atomic mass is 10.0. The second-order valence-electron chi connectivity index (χ2n) is 10.8. The molecule has 1 saturated heterocycles. The van der Waals surface area contributed by atoms with Gasteiger partial charge in [0.25, 0.3) is 5.91 Å². The minimum absolute atomic E-state index is 0.0260. The van der Waals surface area contributed by atoms with E-state index in [4.69, 9.17) is 4.74 Å². The summed E-state index contributed by atoms with van der Waals surface area (Å²) in [4.78, 5) is 24.7. The molecule has 4 aromatic rings. The van der Waals surface area contributed by atoms with Gasteiger partial charge in [-0.05, 0) is 50.7 Å². The van der Waals surface area contributed by atoms with E-state index in [2.05, 4.69) is 38.6 Å². The topological polar surface area (TPSA) is 66.2 Å². The molecular formula is C32H35F3N6O2. The summed E-state index contributed by atoms with van der Waals surface area (Å²) in [5.74, 6) is 0.167. The summed E-state index contributed by atoms with van der Waals surface area (Å²) in [7, 11) is 3.55. The van der Waals surface area contributed by atoms with Crippen LogP contribution >= 0.6 is 0 Å². The molecule has 0 bridgehead atoms. The van der Waals surface area contributed by atoms with Crippen LogP contribution in [-0.2, 0) is 6.18 Å². The highest BCUT2D eigenvalue weighted by Crippen LogP contribution is 2.37. The summed E-state index contributed by atoms with van der Waals surface area (Å²) in [6.07, 6.45) is -1.70. The molecule has 8 nitrogen and oxygen atoms in total. The van der Waals surface area contributed by atoms with Crippen molar-refractivity contribution in [2.24, 2.45) is 0 Å². The monoisotopic (exact) mass is 592 g/mol. The van der Waals surface area contributed by atoms with Crippen molar-refractivity contribution in [2.45, 2.75) is 32.2 Å². The number of methoxy groups -OCH3 is 1. The number of piperazine rings is 1. The summed E-state index contributed by atoms with van der Waals surface area (Å²) in [5.41, 5.74) is 0.599. The average Bonchev–Trinajstić information content (AvgIpc) is 3.40. The van der Waals surface area contributed by atoms with E-state index >= 15 is 0 Å². The van der Waals surface area contributed by atoms with Gasteiger partial charge in [0.2, 0.25) is 0 Å². The fourth-order valence-electron chi connectivity index (χ4n) is 5.92. The molecule has 5 rings (SSSR count). The lowest BCUT2D eigenvalue weighted by Gasteiger charge is -2.45. The molecule has 2 aromatic heterocycles. The van der Waals surface area contributed by atoms with Crippen LogP contribution in [0.3, 0.4) is 0 Å². The van der Waals surface area contributed by atoms with E-state index in [0.717, 1.165) is 10.1 Å². The fourth-order valence-corrected chi connectivity index (χ4v) is 5.92. The molecule has 1 aliphatic rings. The minimum atomic E-state index is -4.72. The van der Waals surface area contributed by atoms with Gasteiger partial charge in [-0.2, -0.15) is 18.3 Å². The number of hydrogen-bond acceptors (Lipinski definition) is 6. The summed E-state index contributed by atoms with van der Waals surface area (Å²) >= 11 is 0. The summed E-state index contributed by atoms with van der Waals surface area (Å²) in [5, 5.41) is 4.02. The largest absolute Gasteiger partial charge is 0.497 e. The van der Waals surface area contributed by atoms with Gasteiger partial charge in [-0.15, -0.1) is 6.58 Å². The van der Waals surface area contributed by atoms with Crippen LogP contribution in [0, 0.1) is 6.92 Å². The first-order valence-electron chi connectivity index (χ1n) is 14.1. The lowest BCUT2D eigenvalue weighted by molar-refractivity contribution is -0.143.